The number of rotatable bonds is 6. The Balaban J connectivity index is 1.98. The van der Waals surface area contributed by atoms with E-state index >= 15 is 0 Å². The van der Waals surface area contributed by atoms with Crippen LogP contribution in [0.5, 0.6) is 11.5 Å². The number of nitrogens with zero attached hydrogens (tertiary/aromatic N) is 1. The first-order valence-electron chi connectivity index (χ1n) is 6.41. The average Bonchev–Trinajstić information content (AvgIpc) is 2.50. The van der Waals surface area contributed by atoms with Gasteiger partial charge >= 0.3 is 0 Å². The molecular formula is C16H18N2O2. The van der Waals surface area contributed by atoms with E-state index in [1.54, 1.807) is 13.3 Å². The van der Waals surface area contributed by atoms with E-state index < -0.39 is 0 Å². The van der Waals surface area contributed by atoms with Gasteiger partial charge in [0.1, 0.15) is 0 Å². The van der Waals surface area contributed by atoms with Crippen molar-refractivity contribution in [3.63, 3.8) is 0 Å². The molecule has 0 aliphatic carbocycles. The predicted molar refractivity (Wildman–Crippen MR) is 80.4 cm³/mol. The zero-order chi connectivity index (χ0) is 14.2. The molecule has 0 unspecified atom stereocenters. The molecular weight excluding hydrogens is 252 g/mol. The summed E-state index contributed by atoms with van der Waals surface area (Å²) in [7, 11) is 1.61. The summed E-state index contributed by atoms with van der Waals surface area (Å²) in [6, 6.07) is 15.8. The van der Waals surface area contributed by atoms with Gasteiger partial charge in [0.25, 0.3) is 0 Å². The SMILES string of the molecule is COc1cc(C=NN)ccc1OCCc1ccccc1. The Kier molecular flexibility index (Phi) is 5.00. The second kappa shape index (κ2) is 7.19. The number of nitrogens with two attached hydrogens (primary N) is 1. The average molecular weight is 270 g/mol. The van der Waals surface area contributed by atoms with Crippen LogP contribution in [-0.4, -0.2) is 19.9 Å². The minimum absolute atomic E-state index is 0.602. The van der Waals surface area contributed by atoms with Crippen LogP contribution in [-0.2, 0) is 6.42 Å². The first-order valence-corrected chi connectivity index (χ1v) is 6.41. The summed E-state index contributed by atoms with van der Waals surface area (Å²) >= 11 is 0. The zero-order valence-electron chi connectivity index (χ0n) is 11.5. The molecule has 2 aromatic rings. The largest absolute Gasteiger partial charge is 0.493 e. The lowest BCUT2D eigenvalue weighted by atomic mass is 10.2. The van der Waals surface area contributed by atoms with Crippen molar-refractivity contribution in [2.75, 3.05) is 13.7 Å². The molecule has 0 aliphatic rings. The maximum atomic E-state index is 5.76. The fourth-order valence-electron chi connectivity index (χ4n) is 1.89. The van der Waals surface area contributed by atoms with Crippen LogP contribution in [0.2, 0.25) is 0 Å². The molecule has 0 radical (unpaired) electrons. The van der Waals surface area contributed by atoms with Gasteiger partial charge in [0.15, 0.2) is 11.5 Å². The minimum atomic E-state index is 0.602. The molecule has 4 heteroatoms. The third-order valence-corrected chi connectivity index (χ3v) is 2.90. The van der Waals surface area contributed by atoms with Crippen LogP contribution in [0.1, 0.15) is 11.1 Å². The molecule has 2 aromatic carbocycles. The Labute approximate surface area is 118 Å². The highest BCUT2D eigenvalue weighted by Crippen LogP contribution is 2.27. The van der Waals surface area contributed by atoms with Crippen molar-refractivity contribution in [3.8, 4) is 11.5 Å². The number of hydrazone groups is 1. The lowest BCUT2D eigenvalue weighted by Crippen LogP contribution is -2.03. The highest BCUT2D eigenvalue weighted by Gasteiger charge is 2.05. The van der Waals surface area contributed by atoms with E-state index in [1.165, 1.54) is 5.56 Å². The monoisotopic (exact) mass is 270 g/mol. The van der Waals surface area contributed by atoms with Crippen LogP contribution in [0.15, 0.2) is 53.6 Å². The van der Waals surface area contributed by atoms with E-state index in [4.69, 9.17) is 15.3 Å². The van der Waals surface area contributed by atoms with Crippen LogP contribution in [0.25, 0.3) is 0 Å². The summed E-state index contributed by atoms with van der Waals surface area (Å²) in [5, 5.41) is 3.49. The van der Waals surface area contributed by atoms with E-state index in [0.29, 0.717) is 12.4 Å². The maximum absolute atomic E-state index is 5.76. The Morgan fingerprint density at radius 2 is 1.90 bits per heavy atom. The predicted octanol–water partition coefficient (Wildman–Crippen LogP) is 2.61. The number of methoxy groups -OCH3 is 1. The van der Waals surface area contributed by atoms with Crippen molar-refractivity contribution < 1.29 is 9.47 Å². The van der Waals surface area contributed by atoms with Gasteiger partial charge < -0.3 is 15.3 Å². The number of hydrogen-bond donors (Lipinski definition) is 1. The van der Waals surface area contributed by atoms with Crippen molar-refractivity contribution in [2.24, 2.45) is 10.9 Å². The third-order valence-electron chi connectivity index (χ3n) is 2.90. The number of ether oxygens (including phenoxy) is 2. The topological polar surface area (TPSA) is 56.8 Å². The summed E-state index contributed by atoms with van der Waals surface area (Å²) in [6.07, 6.45) is 2.42. The molecule has 0 atom stereocenters. The van der Waals surface area contributed by atoms with E-state index in [0.717, 1.165) is 17.7 Å². The second-order valence-electron chi connectivity index (χ2n) is 4.27. The van der Waals surface area contributed by atoms with E-state index in [-0.39, 0.29) is 0 Å². The van der Waals surface area contributed by atoms with E-state index in [2.05, 4.69) is 17.2 Å². The minimum Gasteiger partial charge on any atom is -0.493 e. The van der Waals surface area contributed by atoms with Crippen molar-refractivity contribution in [1.82, 2.24) is 0 Å². The molecule has 4 nitrogen and oxygen atoms in total. The summed E-state index contributed by atoms with van der Waals surface area (Å²) in [6.45, 7) is 0.602. The third kappa shape index (κ3) is 3.75. The van der Waals surface area contributed by atoms with Gasteiger partial charge in [-0.1, -0.05) is 30.3 Å². The molecule has 0 saturated carbocycles. The maximum Gasteiger partial charge on any atom is 0.161 e. The molecule has 0 spiro atoms. The zero-order valence-corrected chi connectivity index (χ0v) is 11.5. The summed E-state index contributed by atoms with van der Waals surface area (Å²) in [5.41, 5.74) is 2.12. The van der Waals surface area contributed by atoms with Gasteiger partial charge in [0.2, 0.25) is 0 Å². The molecule has 2 rings (SSSR count). The van der Waals surface area contributed by atoms with Crippen molar-refractivity contribution in [3.05, 3.63) is 59.7 Å². The van der Waals surface area contributed by atoms with Crippen LogP contribution in [0.4, 0.5) is 0 Å². The normalized spacial score (nSPS) is 10.7. The standard InChI is InChI=1S/C16H18N2O2/c1-19-16-11-14(12-18-17)7-8-15(16)20-10-9-13-5-3-2-4-6-13/h2-8,11-12H,9-10,17H2,1H3. The van der Waals surface area contributed by atoms with Gasteiger partial charge in [-0.3, -0.25) is 0 Å². The van der Waals surface area contributed by atoms with Gasteiger partial charge in [0, 0.05) is 6.42 Å². The van der Waals surface area contributed by atoms with Crippen LogP contribution in [0, 0.1) is 0 Å². The van der Waals surface area contributed by atoms with E-state index in [1.807, 2.05) is 36.4 Å². The van der Waals surface area contributed by atoms with Gasteiger partial charge in [-0.05, 0) is 29.3 Å². The van der Waals surface area contributed by atoms with Gasteiger partial charge in [-0.2, -0.15) is 5.10 Å². The van der Waals surface area contributed by atoms with Crippen molar-refractivity contribution in [1.29, 1.82) is 0 Å². The summed E-state index contributed by atoms with van der Waals surface area (Å²) in [5.74, 6) is 6.53. The fraction of sp³-hybridized carbons (Fsp3) is 0.188. The molecule has 104 valence electrons. The molecule has 20 heavy (non-hydrogen) atoms. The lowest BCUT2D eigenvalue weighted by Gasteiger charge is -2.11. The molecule has 0 heterocycles. The molecule has 0 aromatic heterocycles. The molecule has 2 N–H and O–H groups in total. The quantitative estimate of drug-likeness (QED) is 0.498. The highest BCUT2D eigenvalue weighted by atomic mass is 16.5. The van der Waals surface area contributed by atoms with Crippen LogP contribution < -0.4 is 15.3 Å². The van der Waals surface area contributed by atoms with Crippen LogP contribution >= 0.6 is 0 Å². The Hall–Kier alpha value is -2.49. The lowest BCUT2D eigenvalue weighted by molar-refractivity contribution is 0.297. The van der Waals surface area contributed by atoms with Gasteiger partial charge in [-0.25, -0.2) is 0 Å². The first-order chi connectivity index (χ1) is 9.83. The van der Waals surface area contributed by atoms with Gasteiger partial charge in [0.05, 0.1) is 19.9 Å². The van der Waals surface area contributed by atoms with Crippen molar-refractivity contribution >= 4 is 6.21 Å². The smallest absolute Gasteiger partial charge is 0.161 e. The van der Waals surface area contributed by atoms with Gasteiger partial charge in [-0.15, -0.1) is 0 Å². The Morgan fingerprint density at radius 1 is 1.10 bits per heavy atom. The molecule has 0 bridgehead atoms. The number of benzene rings is 2. The Morgan fingerprint density at radius 3 is 2.60 bits per heavy atom. The Bertz CT molecular complexity index is 568. The molecule has 0 fully saturated rings. The fourth-order valence-corrected chi connectivity index (χ4v) is 1.89. The second-order valence-corrected chi connectivity index (χ2v) is 4.27. The van der Waals surface area contributed by atoms with Crippen LogP contribution in [0.3, 0.4) is 0 Å². The first kappa shape index (κ1) is 13.9. The number of hydrogen-bond acceptors (Lipinski definition) is 4. The van der Waals surface area contributed by atoms with Crippen molar-refractivity contribution in [2.45, 2.75) is 6.42 Å². The highest BCUT2D eigenvalue weighted by molar-refractivity contribution is 5.80. The summed E-state index contributed by atoms with van der Waals surface area (Å²) in [4.78, 5) is 0. The van der Waals surface area contributed by atoms with E-state index in [9.17, 15) is 0 Å². The molecule has 0 amide bonds. The molecule has 0 saturated heterocycles. The summed E-state index contributed by atoms with van der Waals surface area (Å²) < 4.78 is 11.1. The molecule has 0 aliphatic heterocycles.